The lowest BCUT2D eigenvalue weighted by Gasteiger charge is -2.32. The summed E-state index contributed by atoms with van der Waals surface area (Å²) in [4.78, 5) is 11.5. The molecule has 1 atom stereocenters. The molecular weight excluding hydrogens is 336 g/mol. The Morgan fingerprint density at radius 2 is 1.73 bits per heavy atom. The first-order valence-corrected chi connectivity index (χ1v) is 8.66. The van der Waals surface area contributed by atoms with Crippen LogP contribution in [-0.4, -0.2) is 37.4 Å². The monoisotopic (exact) mass is 363 g/mol. The summed E-state index contributed by atoms with van der Waals surface area (Å²) in [7, 11) is 0.364. The van der Waals surface area contributed by atoms with Crippen molar-refractivity contribution in [3.05, 3.63) is 35.6 Å². The number of hydrogen-bond acceptors (Lipinski definition) is 4. The van der Waals surface area contributed by atoms with Crippen LogP contribution in [-0.2, 0) is 14.1 Å². The maximum absolute atomic E-state index is 15.6. The van der Waals surface area contributed by atoms with Crippen molar-refractivity contribution in [1.29, 1.82) is 0 Å². The van der Waals surface area contributed by atoms with E-state index >= 15 is 4.39 Å². The molecule has 1 unspecified atom stereocenters. The maximum atomic E-state index is 15.6. The van der Waals surface area contributed by atoms with Gasteiger partial charge in [0.05, 0.1) is 24.4 Å². The molecule has 1 aliphatic heterocycles. The lowest BCUT2D eigenvalue weighted by atomic mass is 9.80. The second-order valence-electron chi connectivity index (χ2n) is 7.47. The van der Waals surface area contributed by atoms with Gasteiger partial charge in [-0.2, -0.15) is 0 Å². The molecular formula is C19H27BFNO4. The Kier molecular flexibility index (Phi) is 5.83. The van der Waals surface area contributed by atoms with Gasteiger partial charge in [-0.3, -0.25) is 4.79 Å². The summed E-state index contributed by atoms with van der Waals surface area (Å²) >= 11 is 0. The Labute approximate surface area is 155 Å². The summed E-state index contributed by atoms with van der Waals surface area (Å²) in [5, 5.41) is 2.73. The molecule has 1 saturated heterocycles. The minimum absolute atomic E-state index is 0.258. The number of halogens is 1. The van der Waals surface area contributed by atoms with Gasteiger partial charge in [-0.05, 0) is 40.7 Å². The van der Waals surface area contributed by atoms with Crippen LogP contribution < -0.4 is 10.1 Å². The molecule has 1 aliphatic rings. The second kappa shape index (κ2) is 7.41. The number of rotatable bonds is 5. The number of hydrogen-bond donors (Lipinski definition) is 1. The molecule has 0 saturated carbocycles. The molecule has 0 aliphatic carbocycles. The zero-order valence-electron chi connectivity index (χ0n) is 16.5. The normalized spacial score (nSPS) is 20.4. The van der Waals surface area contributed by atoms with E-state index in [9.17, 15) is 4.79 Å². The number of amides is 1. The fourth-order valence-corrected chi connectivity index (χ4v) is 2.89. The average Bonchev–Trinajstić information content (AvgIpc) is 2.75. The molecule has 2 rings (SSSR count). The third-order valence-corrected chi connectivity index (χ3v) is 4.97. The molecule has 1 N–H and O–H groups in total. The Morgan fingerprint density at radius 3 is 2.23 bits per heavy atom. The molecule has 142 valence electrons. The second-order valence-corrected chi connectivity index (χ2v) is 7.47. The Hall–Kier alpha value is -1.86. The van der Waals surface area contributed by atoms with Gasteiger partial charge in [0.2, 0.25) is 5.91 Å². The van der Waals surface area contributed by atoms with Crippen LogP contribution in [0.1, 0.15) is 47.1 Å². The van der Waals surface area contributed by atoms with Crippen molar-refractivity contribution in [2.75, 3.05) is 7.11 Å². The average molecular weight is 363 g/mol. The van der Waals surface area contributed by atoms with Gasteiger partial charge in [0, 0.05) is 18.1 Å². The number of ether oxygens (including phenoxy) is 1. The standard InChI is InChI=1S/C19H27BFNO4/c1-12(22-13(2)23)16(14-10-8-9-11-15(14)24-7)17(21)20-25-18(3,4)19(5,6)26-20/h8-12H,1-7H3,(H,22,23). The van der Waals surface area contributed by atoms with Gasteiger partial charge < -0.3 is 19.4 Å². The summed E-state index contributed by atoms with van der Waals surface area (Å²) in [6, 6.07) is 6.48. The van der Waals surface area contributed by atoms with Crippen LogP contribution in [0.5, 0.6) is 5.75 Å². The van der Waals surface area contributed by atoms with Crippen LogP contribution in [0.15, 0.2) is 30.0 Å². The third-order valence-electron chi connectivity index (χ3n) is 4.97. The van der Waals surface area contributed by atoms with Crippen molar-refractivity contribution in [2.24, 2.45) is 0 Å². The van der Waals surface area contributed by atoms with E-state index in [4.69, 9.17) is 14.0 Å². The van der Waals surface area contributed by atoms with Crippen LogP contribution in [0.4, 0.5) is 4.39 Å². The van der Waals surface area contributed by atoms with Crippen molar-refractivity contribution >= 4 is 18.6 Å². The van der Waals surface area contributed by atoms with Gasteiger partial charge >= 0.3 is 7.12 Å². The highest BCUT2D eigenvalue weighted by molar-refractivity contribution is 6.55. The topological polar surface area (TPSA) is 56.8 Å². The van der Waals surface area contributed by atoms with E-state index in [1.165, 1.54) is 14.0 Å². The summed E-state index contributed by atoms with van der Waals surface area (Å²) in [5.41, 5.74) is -1.09. The largest absolute Gasteiger partial charge is 0.525 e. The molecule has 0 spiro atoms. The molecule has 0 radical (unpaired) electrons. The molecule has 1 fully saturated rings. The zero-order chi connectivity index (χ0) is 19.7. The quantitative estimate of drug-likeness (QED) is 0.814. The predicted molar refractivity (Wildman–Crippen MR) is 100 cm³/mol. The molecule has 26 heavy (non-hydrogen) atoms. The highest BCUT2D eigenvalue weighted by Crippen LogP contribution is 2.41. The molecule has 5 nitrogen and oxygen atoms in total. The van der Waals surface area contributed by atoms with E-state index in [-0.39, 0.29) is 11.5 Å². The van der Waals surface area contributed by atoms with Crippen LogP contribution >= 0.6 is 0 Å². The van der Waals surface area contributed by atoms with E-state index in [0.29, 0.717) is 11.3 Å². The molecule has 1 heterocycles. The van der Waals surface area contributed by atoms with Crippen LogP contribution in [0.2, 0.25) is 0 Å². The minimum atomic E-state index is -1.16. The molecule has 0 bridgehead atoms. The fraction of sp³-hybridized carbons (Fsp3) is 0.526. The first-order valence-electron chi connectivity index (χ1n) is 8.66. The van der Waals surface area contributed by atoms with Gasteiger partial charge in [0.25, 0.3) is 0 Å². The summed E-state index contributed by atoms with van der Waals surface area (Å²) in [6.07, 6.45) is 0. The third kappa shape index (κ3) is 3.94. The zero-order valence-corrected chi connectivity index (χ0v) is 16.5. The van der Waals surface area contributed by atoms with Crippen LogP contribution in [0.3, 0.4) is 0 Å². The highest BCUT2D eigenvalue weighted by Gasteiger charge is 2.54. The summed E-state index contributed by atoms with van der Waals surface area (Å²) in [5.74, 6) is 0.248. The first-order chi connectivity index (χ1) is 12.0. The van der Waals surface area contributed by atoms with Crippen molar-refractivity contribution < 1.29 is 23.2 Å². The number of carbonyl (C=O) groups is 1. The summed E-state index contributed by atoms with van der Waals surface area (Å²) < 4.78 is 32.7. The first kappa shape index (κ1) is 20.5. The molecule has 1 aromatic carbocycles. The number of nitrogens with one attached hydrogen (secondary N) is 1. The predicted octanol–water partition coefficient (Wildman–Crippen LogP) is 3.53. The van der Waals surface area contributed by atoms with E-state index in [1.54, 1.807) is 31.2 Å². The van der Waals surface area contributed by atoms with Crippen LogP contribution in [0.25, 0.3) is 5.57 Å². The Morgan fingerprint density at radius 1 is 1.19 bits per heavy atom. The number of carbonyl (C=O) groups excluding carboxylic acids is 1. The molecule has 7 heteroatoms. The van der Waals surface area contributed by atoms with Gasteiger partial charge in [-0.1, -0.05) is 18.2 Å². The number of benzene rings is 1. The lowest BCUT2D eigenvalue weighted by molar-refractivity contribution is -0.119. The van der Waals surface area contributed by atoms with Gasteiger partial charge in [0.15, 0.2) is 0 Å². The van der Waals surface area contributed by atoms with Crippen LogP contribution in [0, 0.1) is 0 Å². The number of methoxy groups -OCH3 is 1. The van der Waals surface area contributed by atoms with Crippen molar-refractivity contribution in [3.8, 4) is 5.75 Å². The molecule has 0 aromatic heterocycles. The molecule has 1 amide bonds. The van der Waals surface area contributed by atoms with E-state index < -0.39 is 30.1 Å². The Bertz CT molecular complexity index is 701. The lowest BCUT2D eigenvalue weighted by Crippen LogP contribution is -2.41. The minimum Gasteiger partial charge on any atom is -0.496 e. The van der Waals surface area contributed by atoms with Crippen molar-refractivity contribution in [3.63, 3.8) is 0 Å². The van der Waals surface area contributed by atoms with Gasteiger partial charge in [-0.15, -0.1) is 0 Å². The summed E-state index contributed by atoms with van der Waals surface area (Å²) in [6.45, 7) is 10.6. The SMILES string of the molecule is COc1ccccc1C(=C(F)B1OC(C)(C)C(C)(C)O1)C(C)NC(C)=O. The number of para-hydroxylation sites is 1. The maximum Gasteiger partial charge on any atom is 0.525 e. The van der Waals surface area contributed by atoms with E-state index in [0.717, 1.165) is 0 Å². The highest BCUT2D eigenvalue weighted by atomic mass is 19.1. The van der Waals surface area contributed by atoms with Gasteiger partial charge in [0.1, 0.15) is 11.5 Å². The van der Waals surface area contributed by atoms with Crippen molar-refractivity contribution in [1.82, 2.24) is 5.32 Å². The molecule has 1 aromatic rings. The van der Waals surface area contributed by atoms with E-state index in [1.807, 2.05) is 27.7 Å². The smallest absolute Gasteiger partial charge is 0.496 e. The van der Waals surface area contributed by atoms with Crippen molar-refractivity contribution in [2.45, 2.75) is 58.8 Å². The Balaban J connectivity index is 2.56. The fourth-order valence-electron chi connectivity index (χ4n) is 2.89. The van der Waals surface area contributed by atoms with E-state index in [2.05, 4.69) is 5.32 Å². The van der Waals surface area contributed by atoms with Gasteiger partial charge in [-0.25, -0.2) is 4.39 Å².